The smallest absolute Gasteiger partial charge is 0.329 e. The number of aliphatic hydroxyl groups excluding tert-OH is 2. The highest BCUT2D eigenvalue weighted by molar-refractivity contribution is 5.95. The van der Waals surface area contributed by atoms with Crippen molar-refractivity contribution in [3.8, 4) is 11.5 Å². The van der Waals surface area contributed by atoms with Gasteiger partial charge in [-0.15, -0.1) is 0 Å². The average molecular weight is 874 g/mol. The van der Waals surface area contributed by atoms with Gasteiger partial charge in [0.05, 0.1) is 105 Å². The van der Waals surface area contributed by atoms with E-state index in [0.29, 0.717) is 86.9 Å². The Balaban J connectivity index is 1.65. The molecule has 0 aliphatic carbocycles. The number of nitrogens with zero attached hydrogens (tertiary/aromatic N) is 4. The molecule has 4 heterocycles. The molecular weight excluding hydrogens is 811 g/mol. The van der Waals surface area contributed by atoms with E-state index in [2.05, 4.69) is 37.9 Å². The Kier molecular flexibility index (Phi) is 20.1. The standard InChI is InChI=1S/C47H63N5O11/c1-6-33-34(7-2)38-25-40-36(11-9-13-54)32(4)44(52-40)29-49-42-27-46(63-23-21-60-18-19-61-30-47(55)56)45(62-22-20-59-17-16-58-15-14-57-5)26-41(42)48-28-43-31(3)35(10-8-12-53)39(51-43)24-37(33)50-38/h24-29,52-54H,6-23,30H2,1-5H3,(H,55,56). The third-order valence-electron chi connectivity index (χ3n) is 10.6. The number of allylic oxidation sites excluding steroid dienone is 4. The van der Waals surface area contributed by atoms with Crippen molar-refractivity contribution in [2.24, 2.45) is 0 Å². The van der Waals surface area contributed by atoms with Crippen molar-refractivity contribution in [3.05, 3.63) is 70.6 Å². The number of fused-ring (bicyclic) bond motifs is 7. The van der Waals surface area contributed by atoms with E-state index < -0.39 is 12.6 Å². The van der Waals surface area contributed by atoms with Gasteiger partial charge in [-0.3, -0.25) is 9.97 Å². The number of aliphatic hydroxyl groups is 2. The van der Waals surface area contributed by atoms with Crippen LogP contribution in [0.15, 0.2) is 36.7 Å². The normalized spacial score (nSPS) is 12.6. The maximum atomic E-state index is 10.8. The minimum atomic E-state index is -1.04. The third kappa shape index (κ3) is 14.0. The lowest BCUT2D eigenvalue weighted by molar-refractivity contribution is -0.142. The fourth-order valence-corrected chi connectivity index (χ4v) is 7.32. The van der Waals surface area contributed by atoms with Crippen LogP contribution in [0.5, 0.6) is 11.5 Å². The number of rotatable bonds is 27. The Morgan fingerprint density at radius 3 is 1.73 bits per heavy atom. The lowest BCUT2D eigenvalue weighted by atomic mass is 9.98. The van der Waals surface area contributed by atoms with Crippen molar-refractivity contribution < 1.29 is 53.3 Å². The number of carbonyl (C=O) groups is 1. The second-order valence-electron chi connectivity index (χ2n) is 14.8. The monoisotopic (exact) mass is 873 g/mol. The van der Waals surface area contributed by atoms with E-state index in [1.165, 1.54) is 11.1 Å². The highest BCUT2D eigenvalue weighted by Gasteiger charge is 2.22. The van der Waals surface area contributed by atoms with Crippen molar-refractivity contribution in [2.75, 3.05) is 93.0 Å². The van der Waals surface area contributed by atoms with Gasteiger partial charge in [0.1, 0.15) is 19.8 Å². The van der Waals surface area contributed by atoms with Gasteiger partial charge in [-0.05, 0) is 97.9 Å². The highest BCUT2D eigenvalue weighted by atomic mass is 16.6. The van der Waals surface area contributed by atoms with Crippen molar-refractivity contribution in [3.63, 3.8) is 0 Å². The maximum absolute atomic E-state index is 10.8. The van der Waals surface area contributed by atoms with Gasteiger partial charge in [0.25, 0.3) is 0 Å². The summed E-state index contributed by atoms with van der Waals surface area (Å²) in [6, 6.07) is 7.73. The van der Waals surface area contributed by atoms with Crippen LogP contribution in [0.3, 0.4) is 0 Å². The molecule has 6 bridgehead atoms. The Morgan fingerprint density at radius 1 is 0.619 bits per heavy atom. The SMILES string of the molecule is CCC1=C(CC)c2cc3[nH]c(cnc4cc(OCCOCCOCC(=O)O)c(OCCOCCOCCOC)cc4ncc4nc(cc1n2)C(CCCO)=C4C)c(C)c3CCCO. The predicted molar refractivity (Wildman–Crippen MR) is 241 cm³/mol. The number of aliphatic carboxylic acids is 1. The molecule has 16 nitrogen and oxygen atoms in total. The van der Waals surface area contributed by atoms with Crippen LogP contribution in [-0.2, 0) is 34.9 Å². The molecule has 1 aromatic carbocycles. The quantitative estimate of drug-likeness (QED) is 0.0598. The zero-order valence-corrected chi connectivity index (χ0v) is 37.3. The van der Waals surface area contributed by atoms with Crippen molar-refractivity contribution in [1.29, 1.82) is 0 Å². The molecule has 3 aromatic rings. The minimum Gasteiger partial charge on any atom is -0.487 e. The fraction of sp³-hybridized carbons (Fsp3) is 0.511. The number of H-pyrrole nitrogens is 1. The van der Waals surface area contributed by atoms with Gasteiger partial charge in [0.15, 0.2) is 11.5 Å². The molecule has 0 saturated heterocycles. The van der Waals surface area contributed by atoms with Crippen LogP contribution in [0.25, 0.3) is 44.4 Å². The van der Waals surface area contributed by atoms with E-state index in [1.807, 2.05) is 6.92 Å². The largest absolute Gasteiger partial charge is 0.487 e. The first-order valence-corrected chi connectivity index (χ1v) is 21.7. The summed E-state index contributed by atoms with van der Waals surface area (Å²) in [6.07, 6.45) is 7.59. The van der Waals surface area contributed by atoms with Crippen LogP contribution in [0.1, 0.15) is 86.8 Å². The lowest BCUT2D eigenvalue weighted by Crippen LogP contribution is -2.14. The minimum absolute atomic E-state index is 0.0523. The molecule has 16 heteroatoms. The van der Waals surface area contributed by atoms with E-state index in [-0.39, 0.29) is 46.2 Å². The maximum Gasteiger partial charge on any atom is 0.329 e. The average Bonchev–Trinajstić information content (AvgIpc) is 3.88. The number of hydrogen-bond donors (Lipinski definition) is 4. The first-order chi connectivity index (χ1) is 30.7. The number of carboxylic acids is 1. The van der Waals surface area contributed by atoms with Crippen molar-refractivity contribution >= 4 is 50.3 Å². The number of methoxy groups -OCH3 is 1. The number of ether oxygens (including phenoxy) is 7. The third-order valence-corrected chi connectivity index (χ3v) is 10.6. The van der Waals surface area contributed by atoms with E-state index in [9.17, 15) is 15.0 Å². The van der Waals surface area contributed by atoms with Crippen LogP contribution in [0, 0.1) is 6.92 Å². The number of aromatic nitrogens is 5. The zero-order valence-electron chi connectivity index (χ0n) is 37.3. The summed E-state index contributed by atoms with van der Waals surface area (Å²) < 4.78 is 39.5. The summed E-state index contributed by atoms with van der Waals surface area (Å²) in [6.45, 7) is 11.1. The fourth-order valence-electron chi connectivity index (χ4n) is 7.32. The molecule has 342 valence electrons. The van der Waals surface area contributed by atoms with Gasteiger partial charge in [-0.2, -0.15) is 0 Å². The highest BCUT2D eigenvalue weighted by Crippen LogP contribution is 2.38. The molecule has 2 aromatic heterocycles. The van der Waals surface area contributed by atoms with Crippen LogP contribution in [0.2, 0.25) is 0 Å². The first kappa shape index (κ1) is 49.0. The molecule has 0 unspecified atom stereocenters. The summed E-state index contributed by atoms with van der Waals surface area (Å²) in [4.78, 5) is 34.7. The van der Waals surface area contributed by atoms with Gasteiger partial charge < -0.3 is 53.5 Å². The summed E-state index contributed by atoms with van der Waals surface area (Å²) in [7, 11) is 1.62. The van der Waals surface area contributed by atoms with E-state index >= 15 is 0 Å². The Bertz CT molecular complexity index is 2260. The molecule has 5 rings (SSSR count). The van der Waals surface area contributed by atoms with Crippen molar-refractivity contribution in [1.82, 2.24) is 24.9 Å². The molecule has 0 amide bonds. The summed E-state index contributed by atoms with van der Waals surface area (Å²) in [5.41, 5.74) is 12.4. The van der Waals surface area contributed by atoms with E-state index in [1.54, 1.807) is 31.6 Å². The van der Waals surface area contributed by atoms with Gasteiger partial charge in [0, 0.05) is 38.0 Å². The molecule has 0 saturated carbocycles. The second-order valence-corrected chi connectivity index (χ2v) is 14.8. The molecule has 0 atom stereocenters. The number of nitrogens with one attached hydrogen (secondary N) is 1. The molecule has 0 radical (unpaired) electrons. The number of aromatic amines is 1. The van der Waals surface area contributed by atoms with Gasteiger partial charge in [-0.1, -0.05) is 13.8 Å². The second kappa shape index (κ2) is 25.9. The topological polar surface area (TPSA) is 210 Å². The van der Waals surface area contributed by atoms with Crippen LogP contribution < -0.4 is 9.47 Å². The number of hydrogen-bond acceptors (Lipinski definition) is 14. The summed E-state index contributed by atoms with van der Waals surface area (Å²) in [5, 5.41) is 28.5. The zero-order chi connectivity index (χ0) is 45.0. The van der Waals surface area contributed by atoms with Crippen LogP contribution in [0.4, 0.5) is 0 Å². The van der Waals surface area contributed by atoms with Gasteiger partial charge in [-0.25, -0.2) is 14.8 Å². The van der Waals surface area contributed by atoms with E-state index in [4.69, 9.17) is 58.2 Å². The molecule has 2 aliphatic rings. The van der Waals surface area contributed by atoms with Crippen LogP contribution >= 0.6 is 0 Å². The summed E-state index contributed by atoms with van der Waals surface area (Å²) >= 11 is 0. The molecule has 2 aliphatic heterocycles. The lowest BCUT2D eigenvalue weighted by Gasteiger charge is -2.14. The molecule has 0 spiro atoms. The van der Waals surface area contributed by atoms with Crippen LogP contribution in [-0.4, -0.2) is 139 Å². The molecule has 0 fully saturated rings. The summed E-state index contributed by atoms with van der Waals surface area (Å²) in [5.74, 6) is -0.224. The van der Waals surface area contributed by atoms with E-state index in [0.717, 1.165) is 63.2 Å². The van der Waals surface area contributed by atoms with Gasteiger partial charge in [0.2, 0.25) is 0 Å². The number of benzene rings is 1. The number of aryl methyl sites for hydroxylation is 2. The first-order valence-electron chi connectivity index (χ1n) is 21.7. The number of carboxylic acid groups (broad SMARTS) is 1. The molecule has 4 N–H and O–H groups in total. The van der Waals surface area contributed by atoms with Gasteiger partial charge >= 0.3 is 5.97 Å². The predicted octanol–water partition coefficient (Wildman–Crippen LogP) is 6.56. The molecule has 63 heavy (non-hydrogen) atoms. The Labute approximate surface area is 369 Å². The Morgan fingerprint density at radius 2 is 1.14 bits per heavy atom. The van der Waals surface area contributed by atoms with Crippen molar-refractivity contribution in [2.45, 2.75) is 66.2 Å². The Hall–Kier alpha value is -5.07. The molecular formula is C47H63N5O11.